The number of amides is 1. The van der Waals surface area contributed by atoms with Gasteiger partial charge in [-0.15, -0.1) is 11.6 Å². The fourth-order valence-corrected chi connectivity index (χ4v) is 2.42. The molecule has 2 rings (SSSR count). The maximum absolute atomic E-state index is 12.4. The van der Waals surface area contributed by atoms with E-state index in [1.54, 1.807) is 37.5 Å². The lowest BCUT2D eigenvalue weighted by Gasteiger charge is -2.17. The van der Waals surface area contributed by atoms with Crippen LogP contribution in [0.3, 0.4) is 0 Å². The van der Waals surface area contributed by atoms with Crippen molar-refractivity contribution < 1.29 is 14.3 Å². The van der Waals surface area contributed by atoms with Gasteiger partial charge in [0, 0.05) is 17.9 Å². The first-order valence-electron chi connectivity index (χ1n) is 7.89. The molecule has 0 saturated carbocycles. The highest BCUT2D eigenvalue weighted by Crippen LogP contribution is 2.13. The molecule has 0 fully saturated rings. The number of methoxy groups -OCH3 is 1. The molecule has 0 bridgehead atoms. The van der Waals surface area contributed by atoms with E-state index < -0.39 is 6.04 Å². The van der Waals surface area contributed by atoms with E-state index in [0.717, 1.165) is 11.3 Å². The van der Waals surface area contributed by atoms with Crippen LogP contribution in [0.1, 0.15) is 15.9 Å². The Morgan fingerprint density at radius 2 is 1.80 bits per heavy atom. The van der Waals surface area contributed by atoms with E-state index in [1.807, 2.05) is 30.3 Å². The summed E-state index contributed by atoms with van der Waals surface area (Å²) in [5.41, 5.74) is 1.43. The second-order valence-electron chi connectivity index (χ2n) is 5.40. The molecule has 0 aliphatic heterocycles. The van der Waals surface area contributed by atoms with Crippen LogP contribution in [0.25, 0.3) is 0 Å². The van der Waals surface area contributed by atoms with Crippen LogP contribution in [0.5, 0.6) is 5.75 Å². The van der Waals surface area contributed by atoms with Crippen LogP contribution >= 0.6 is 11.6 Å². The van der Waals surface area contributed by atoms with Crippen molar-refractivity contribution in [3.05, 3.63) is 77.9 Å². The van der Waals surface area contributed by atoms with E-state index in [-0.39, 0.29) is 17.6 Å². The molecule has 0 unspecified atom stereocenters. The van der Waals surface area contributed by atoms with Crippen LogP contribution in [0.2, 0.25) is 0 Å². The van der Waals surface area contributed by atoms with Crippen LogP contribution in [0, 0.1) is 0 Å². The molecule has 0 aromatic heterocycles. The average molecular weight is 358 g/mol. The summed E-state index contributed by atoms with van der Waals surface area (Å²) >= 11 is 5.61. The second-order valence-corrected chi connectivity index (χ2v) is 5.71. The molecule has 0 aliphatic rings. The summed E-state index contributed by atoms with van der Waals surface area (Å²) in [4.78, 5) is 24.8. The van der Waals surface area contributed by atoms with Gasteiger partial charge < -0.3 is 10.1 Å². The zero-order valence-electron chi connectivity index (χ0n) is 13.9. The minimum absolute atomic E-state index is 0.194. The van der Waals surface area contributed by atoms with E-state index in [1.165, 1.54) is 6.08 Å². The molecular weight excluding hydrogens is 338 g/mol. The number of ketones is 1. The standard InChI is InChI=1S/C20H20ClNO3/c1-25-17-11-9-15(10-12-17)14-18(19(23)8-5-13-21)22-20(24)16-6-3-2-4-7-16/h2-12,18H,13-14H2,1H3,(H,22,24)/b8-5-/t18-/m1/s1. The summed E-state index contributed by atoms with van der Waals surface area (Å²) in [7, 11) is 1.60. The number of hydrogen-bond donors (Lipinski definition) is 1. The number of carbonyl (C=O) groups is 2. The van der Waals surface area contributed by atoms with Gasteiger partial charge in [-0.05, 0) is 35.9 Å². The maximum atomic E-state index is 12.4. The quantitative estimate of drug-likeness (QED) is 0.582. The van der Waals surface area contributed by atoms with Crippen LogP contribution in [0.15, 0.2) is 66.7 Å². The average Bonchev–Trinajstić information content (AvgIpc) is 2.66. The Morgan fingerprint density at radius 3 is 2.40 bits per heavy atom. The topological polar surface area (TPSA) is 55.4 Å². The highest BCUT2D eigenvalue weighted by molar-refractivity contribution is 6.19. The molecule has 25 heavy (non-hydrogen) atoms. The Bertz CT molecular complexity index is 726. The lowest BCUT2D eigenvalue weighted by atomic mass is 10.0. The van der Waals surface area contributed by atoms with Crippen molar-refractivity contribution in [3.63, 3.8) is 0 Å². The molecule has 0 saturated heterocycles. The first-order chi connectivity index (χ1) is 12.1. The van der Waals surface area contributed by atoms with E-state index in [4.69, 9.17) is 16.3 Å². The Hall–Kier alpha value is -2.59. The van der Waals surface area contributed by atoms with Gasteiger partial charge in [0.05, 0.1) is 13.2 Å². The van der Waals surface area contributed by atoms with Crippen molar-refractivity contribution in [1.82, 2.24) is 5.32 Å². The molecule has 0 spiro atoms. The molecule has 0 heterocycles. The van der Waals surface area contributed by atoms with Gasteiger partial charge in [0.15, 0.2) is 5.78 Å². The second kappa shape index (κ2) is 9.64. The third-order valence-electron chi connectivity index (χ3n) is 3.65. The number of alkyl halides is 1. The molecule has 0 aliphatic carbocycles. The van der Waals surface area contributed by atoms with Crippen molar-refractivity contribution in [2.75, 3.05) is 13.0 Å². The number of halogens is 1. The van der Waals surface area contributed by atoms with Gasteiger partial charge in [0.25, 0.3) is 5.91 Å². The predicted octanol–water partition coefficient (Wildman–Crippen LogP) is 3.40. The number of rotatable bonds is 8. The molecule has 5 heteroatoms. The molecule has 1 amide bonds. The third-order valence-corrected chi connectivity index (χ3v) is 3.83. The van der Waals surface area contributed by atoms with Gasteiger partial charge in [0.2, 0.25) is 0 Å². The molecule has 2 aromatic rings. The SMILES string of the molecule is COc1ccc(C[C@@H](NC(=O)c2ccccc2)C(=O)/C=C\CCl)cc1. The fourth-order valence-electron chi connectivity index (χ4n) is 2.33. The van der Waals surface area contributed by atoms with Crippen molar-refractivity contribution in [2.24, 2.45) is 0 Å². The van der Waals surface area contributed by atoms with Gasteiger partial charge in [-0.2, -0.15) is 0 Å². The Morgan fingerprint density at radius 1 is 1.12 bits per heavy atom. The molecular formula is C20H20ClNO3. The van der Waals surface area contributed by atoms with E-state index >= 15 is 0 Å². The molecule has 2 aromatic carbocycles. The summed E-state index contributed by atoms with van der Waals surface area (Å²) in [5, 5.41) is 2.80. The minimum Gasteiger partial charge on any atom is -0.497 e. The van der Waals surface area contributed by atoms with Gasteiger partial charge in [-0.3, -0.25) is 9.59 Å². The summed E-state index contributed by atoms with van der Waals surface area (Å²) in [6.07, 6.45) is 3.36. The zero-order chi connectivity index (χ0) is 18.1. The normalized spacial score (nSPS) is 11.9. The largest absolute Gasteiger partial charge is 0.497 e. The monoisotopic (exact) mass is 357 g/mol. The lowest BCUT2D eigenvalue weighted by Crippen LogP contribution is -2.41. The van der Waals surface area contributed by atoms with Gasteiger partial charge in [-0.25, -0.2) is 0 Å². The molecule has 130 valence electrons. The van der Waals surface area contributed by atoms with Crippen LogP contribution in [-0.2, 0) is 11.2 Å². The summed E-state index contributed by atoms with van der Waals surface area (Å²) < 4.78 is 5.13. The number of nitrogens with one attached hydrogen (secondary N) is 1. The maximum Gasteiger partial charge on any atom is 0.251 e. The summed E-state index contributed by atoms with van der Waals surface area (Å²) in [6.45, 7) is 0. The van der Waals surface area contributed by atoms with Crippen LogP contribution in [0.4, 0.5) is 0 Å². The third kappa shape index (κ3) is 5.76. The Labute approximate surface area is 152 Å². The first-order valence-corrected chi connectivity index (χ1v) is 8.42. The number of allylic oxidation sites excluding steroid dienone is 1. The number of hydrogen-bond acceptors (Lipinski definition) is 3. The smallest absolute Gasteiger partial charge is 0.251 e. The Balaban J connectivity index is 2.15. The fraction of sp³-hybridized carbons (Fsp3) is 0.200. The van der Waals surface area contributed by atoms with E-state index in [9.17, 15) is 9.59 Å². The Kier molecular flexibility index (Phi) is 7.23. The zero-order valence-corrected chi connectivity index (χ0v) is 14.7. The van der Waals surface area contributed by atoms with E-state index in [0.29, 0.717) is 12.0 Å². The van der Waals surface area contributed by atoms with Crippen molar-refractivity contribution >= 4 is 23.3 Å². The van der Waals surface area contributed by atoms with E-state index in [2.05, 4.69) is 5.32 Å². The predicted molar refractivity (Wildman–Crippen MR) is 99.3 cm³/mol. The summed E-state index contributed by atoms with van der Waals surface area (Å²) in [5.74, 6) is 0.502. The van der Waals surface area contributed by atoms with Gasteiger partial charge in [0.1, 0.15) is 5.75 Å². The van der Waals surface area contributed by atoms with Gasteiger partial charge in [-0.1, -0.05) is 36.4 Å². The molecule has 0 radical (unpaired) electrons. The van der Waals surface area contributed by atoms with Crippen molar-refractivity contribution in [2.45, 2.75) is 12.5 Å². The van der Waals surface area contributed by atoms with Crippen LogP contribution in [-0.4, -0.2) is 30.7 Å². The summed E-state index contributed by atoms with van der Waals surface area (Å²) in [6, 6.07) is 15.5. The number of benzene rings is 2. The van der Waals surface area contributed by atoms with Gasteiger partial charge >= 0.3 is 0 Å². The highest BCUT2D eigenvalue weighted by Gasteiger charge is 2.20. The molecule has 4 nitrogen and oxygen atoms in total. The lowest BCUT2D eigenvalue weighted by molar-refractivity contribution is -0.116. The molecule has 1 atom stereocenters. The number of ether oxygens (including phenoxy) is 1. The van der Waals surface area contributed by atoms with Crippen LogP contribution < -0.4 is 10.1 Å². The van der Waals surface area contributed by atoms with Crippen molar-refractivity contribution in [1.29, 1.82) is 0 Å². The number of carbonyl (C=O) groups excluding carboxylic acids is 2. The minimum atomic E-state index is -0.666. The van der Waals surface area contributed by atoms with Crippen molar-refractivity contribution in [3.8, 4) is 5.75 Å². The highest BCUT2D eigenvalue weighted by atomic mass is 35.5. The molecule has 1 N–H and O–H groups in total. The first kappa shape index (κ1) is 18.7.